The molecule has 1 aliphatic carbocycles. The molecule has 3 atom stereocenters. The van der Waals surface area contributed by atoms with Crippen molar-refractivity contribution < 1.29 is 0 Å². The summed E-state index contributed by atoms with van der Waals surface area (Å²) in [7, 11) is 0. The van der Waals surface area contributed by atoms with E-state index in [4.69, 9.17) is 0 Å². The van der Waals surface area contributed by atoms with E-state index in [1.165, 1.54) is 6.42 Å². The molecule has 1 fully saturated rings. The molecule has 1 aromatic heterocycles. The van der Waals surface area contributed by atoms with Crippen molar-refractivity contribution in [3.05, 3.63) is 63.9 Å². The van der Waals surface area contributed by atoms with Crippen LogP contribution in [0, 0.1) is 23.7 Å². The summed E-state index contributed by atoms with van der Waals surface area (Å²) in [6.07, 6.45) is 14.2. The van der Waals surface area contributed by atoms with E-state index < -0.39 is 0 Å². The Morgan fingerprint density at radius 2 is 1.96 bits per heavy atom. The second-order valence-electron chi connectivity index (χ2n) is 8.45. The molecule has 1 N–H and O–H groups in total. The monoisotopic (exact) mass is 380 g/mol. The Morgan fingerprint density at radius 1 is 1.29 bits per heavy atom. The fourth-order valence-electron chi connectivity index (χ4n) is 4.61. The van der Waals surface area contributed by atoms with Crippen LogP contribution in [0.15, 0.2) is 41.3 Å². The lowest BCUT2D eigenvalue weighted by molar-refractivity contribution is 0.432. The van der Waals surface area contributed by atoms with Gasteiger partial charge in [-0.1, -0.05) is 58.6 Å². The first-order valence-electron chi connectivity index (χ1n) is 10.4. The molecule has 0 radical (unpaired) electrons. The lowest BCUT2D eigenvalue weighted by Crippen LogP contribution is -2.16. The van der Waals surface area contributed by atoms with Crippen molar-refractivity contribution >= 4 is 11.6 Å². The van der Waals surface area contributed by atoms with Crippen molar-refractivity contribution in [3.63, 3.8) is 0 Å². The zero-order valence-electron chi connectivity index (χ0n) is 18.6. The van der Waals surface area contributed by atoms with Crippen LogP contribution in [0.1, 0.15) is 77.9 Å². The molecule has 0 aliphatic heterocycles. The second kappa shape index (κ2) is 8.46. The molecule has 0 bridgehead atoms. The van der Waals surface area contributed by atoms with E-state index in [0.717, 1.165) is 35.4 Å². The number of hydrogen-bond donors (Lipinski definition) is 1. The number of hydrogen-bond acceptors (Lipinski definition) is 2. The van der Waals surface area contributed by atoms with Gasteiger partial charge < -0.3 is 4.98 Å². The summed E-state index contributed by atoms with van der Waals surface area (Å²) in [5, 5.41) is 0. The van der Waals surface area contributed by atoms with Crippen LogP contribution in [0.2, 0.25) is 0 Å². The third kappa shape index (κ3) is 3.85. The Bertz CT molecular complexity index is 886. The van der Waals surface area contributed by atoms with Crippen LogP contribution < -0.4 is 5.56 Å². The van der Waals surface area contributed by atoms with Gasteiger partial charge in [-0.3, -0.25) is 4.79 Å². The molecular weight excluding hydrogens is 344 g/mol. The molecular formula is C25H36N2O. The summed E-state index contributed by atoms with van der Waals surface area (Å²) in [6, 6.07) is 0. The van der Waals surface area contributed by atoms with Crippen molar-refractivity contribution in [2.45, 2.75) is 67.7 Å². The van der Waals surface area contributed by atoms with Crippen molar-refractivity contribution in [1.29, 1.82) is 0 Å². The summed E-state index contributed by atoms with van der Waals surface area (Å²) in [6.45, 7) is 19.0. The molecule has 1 saturated carbocycles. The molecule has 1 aromatic rings. The van der Waals surface area contributed by atoms with Crippen molar-refractivity contribution in [2.75, 3.05) is 0 Å². The maximum absolute atomic E-state index is 12.1. The number of aryl methyl sites for hydroxylation is 1. The maximum Gasteiger partial charge on any atom is 0.269 e. The molecule has 0 spiro atoms. The first kappa shape index (κ1) is 22.1. The smallest absolute Gasteiger partial charge is 0.269 e. The van der Waals surface area contributed by atoms with Gasteiger partial charge in [-0.25, -0.2) is 4.98 Å². The predicted octanol–water partition coefficient (Wildman–Crippen LogP) is 6.48. The van der Waals surface area contributed by atoms with Crippen molar-refractivity contribution in [2.24, 2.45) is 16.7 Å². The molecule has 1 heterocycles. The van der Waals surface area contributed by atoms with Crippen molar-refractivity contribution in [1.82, 2.24) is 9.97 Å². The molecule has 3 nitrogen and oxygen atoms in total. The quantitative estimate of drug-likeness (QED) is 0.414. The van der Waals surface area contributed by atoms with Gasteiger partial charge in [-0.05, 0) is 68.4 Å². The van der Waals surface area contributed by atoms with E-state index in [2.05, 4.69) is 62.5 Å². The SMILES string of the molecule is C=C(C)/C(=C/C)c1nc(C)c(=O)[nH]c1/C=C\CC1C(C)(C=CCC)C1(C)CC. The summed E-state index contributed by atoms with van der Waals surface area (Å²) in [5.74, 6) is 0.611. The van der Waals surface area contributed by atoms with Gasteiger partial charge in [0.1, 0.15) is 5.69 Å². The van der Waals surface area contributed by atoms with Crippen LogP contribution in [0.5, 0.6) is 0 Å². The van der Waals surface area contributed by atoms with Gasteiger partial charge in [-0.2, -0.15) is 0 Å². The molecule has 0 amide bonds. The normalized spacial score (nSPS) is 27.7. The van der Waals surface area contributed by atoms with Crippen molar-refractivity contribution in [3.8, 4) is 0 Å². The van der Waals surface area contributed by atoms with Crippen LogP contribution in [-0.2, 0) is 0 Å². The van der Waals surface area contributed by atoms with Gasteiger partial charge in [-0.15, -0.1) is 0 Å². The van der Waals surface area contributed by atoms with Crippen LogP contribution in [0.4, 0.5) is 0 Å². The van der Waals surface area contributed by atoms with Crippen LogP contribution in [0.3, 0.4) is 0 Å². The lowest BCUT2D eigenvalue weighted by Gasteiger charge is -2.11. The Kier molecular flexibility index (Phi) is 6.69. The predicted molar refractivity (Wildman–Crippen MR) is 121 cm³/mol. The third-order valence-corrected chi connectivity index (χ3v) is 6.85. The van der Waals surface area contributed by atoms with Gasteiger partial charge in [0.2, 0.25) is 0 Å². The molecule has 3 unspecified atom stereocenters. The van der Waals surface area contributed by atoms with Gasteiger partial charge >= 0.3 is 0 Å². The lowest BCUT2D eigenvalue weighted by atomic mass is 9.93. The average Bonchev–Trinajstić information content (AvgIpc) is 3.12. The number of H-pyrrole nitrogens is 1. The molecule has 152 valence electrons. The Hall–Kier alpha value is -2.16. The molecule has 1 aliphatic rings. The van der Waals surface area contributed by atoms with E-state index in [9.17, 15) is 4.79 Å². The van der Waals surface area contributed by atoms with E-state index in [1.54, 1.807) is 6.92 Å². The fraction of sp³-hybridized carbons (Fsp3) is 0.520. The van der Waals surface area contributed by atoms with Gasteiger partial charge in [0.15, 0.2) is 0 Å². The molecule has 2 rings (SSSR count). The summed E-state index contributed by atoms with van der Waals surface area (Å²) < 4.78 is 0. The topological polar surface area (TPSA) is 45.8 Å². The van der Waals surface area contributed by atoms with Gasteiger partial charge in [0, 0.05) is 5.57 Å². The highest BCUT2D eigenvalue weighted by atomic mass is 16.1. The standard InChI is InChI=1S/C25H36N2O/c1-9-12-16-25(8)21(24(25,7)11-3)15-13-14-20-22(19(10-2)17(4)5)26-18(6)23(28)27-20/h10,12-14,16,21H,4,9,11,15H2,1-3,5-8H3,(H,27,28)/b14-13-,16-12?,19-10-. The fourth-order valence-corrected chi connectivity index (χ4v) is 4.61. The van der Waals surface area contributed by atoms with Crippen LogP contribution in [0.25, 0.3) is 11.6 Å². The first-order valence-corrected chi connectivity index (χ1v) is 10.4. The zero-order valence-corrected chi connectivity index (χ0v) is 18.6. The number of nitrogens with one attached hydrogen (secondary N) is 1. The highest BCUT2D eigenvalue weighted by Gasteiger charge is 2.66. The Morgan fingerprint density at radius 3 is 2.50 bits per heavy atom. The maximum atomic E-state index is 12.1. The summed E-state index contributed by atoms with van der Waals surface area (Å²) in [5.41, 5.74) is 4.38. The molecule has 28 heavy (non-hydrogen) atoms. The van der Waals surface area contributed by atoms with E-state index in [0.29, 0.717) is 17.0 Å². The minimum atomic E-state index is -0.138. The average molecular weight is 381 g/mol. The molecule has 3 heteroatoms. The number of aromatic nitrogens is 2. The number of allylic oxidation sites excluding steroid dienone is 6. The minimum absolute atomic E-state index is 0.138. The van der Waals surface area contributed by atoms with Crippen LogP contribution >= 0.6 is 0 Å². The first-order chi connectivity index (χ1) is 13.2. The van der Waals surface area contributed by atoms with E-state index in [-0.39, 0.29) is 11.0 Å². The highest BCUT2D eigenvalue weighted by Crippen LogP contribution is 2.72. The minimum Gasteiger partial charge on any atom is -0.319 e. The molecule has 0 saturated heterocycles. The molecule has 0 aromatic carbocycles. The highest BCUT2D eigenvalue weighted by molar-refractivity contribution is 5.79. The number of nitrogens with zero attached hydrogens (tertiary/aromatic N) is 1. The van der Waals surface area contributed by atoms with Gasteiger partial charge in [0.25, 0.3) is 5.56 Å². The summed E-state index contributed by atoms with van der Waals surface area (Å²) >= 11 is 0. The summed E-state index contributed by atoms with van der Waals surface area (Å²) in [4.78, 5) is 19.7. The number of rotatable bonds is 8. The largest absolute Gasteiger partial charge is 0.319 e. The number of aromatic amines is 1. The van der Waals surface area contributed by atoms with E-state index in [1.807, 2.05) is 26.0 Å². The van der Waals surface area contributed by atoms with Gasteiger partial charge in [0.05, 0.1) is 11.4 Å². The Balaban J connectivity index is 2.33. The Labute approximate surface area is 170 Å². The van der Waals surface area contributed by atoms with E-state index >= 15 is 0 Å². The van der Waals surface area contributed by atoms with Crippen LogP contribution in [-0.4, -0.2) is 9.97 Å². The second-order valence-corrected chi connectivity index (χ2v) is 8.45. The zero-order chi connectivity index (χ0) is 21.1. The third-order valence-electron chi connectivity index (χ3n) is 6.85.